The molecule has 138 valence electrons. The lowest BCUT2D eigenvalue weighted by Crippen LogP contribution is -2.22. The minimum absolute atomic E-state index is 0.0133. The van der Waals surface area contributed by atoms with Crippen LogP contribution in [-0.4, -0.2) is 36.5 Å². The summed E-state index contributed by atoms with van der Waals surface area (Å²) in [7, 11) is 3.10. The van der Waals surface area contributed by atoms with Crippen LogP contribution in [0.5, 0.6) is 11.5 Å². The zero-order valence-corrected chi connectivity index (χ0v) is 14.9. The van der Waals surface area contributed by atoms with E-state index in [1.54, 1.807) is 56.7 Å². The van der Waals surface area contributed by atoms with E-state index in [9.17, 15) is 9.59 Å². The number of hydrogen-bond donors (Lipinski definition) is 2. The van der Waals surface area contributed by atoms with Crippen molar-refractivity contribution in [2.45, 2.75) is 6.42 Å². The van der Waals surface area contributed by atoms with Gasteiger partial charge in [0.2, 0.25) is 5.91 Å². The molecule has 0 bridgehead atoms. The Bertz CT molecular complexity index is 1060. The monoisotopic (exact) mass is 366 g/mol. The molecular weight excluding hydrogens is 348 g/mol. The molecule has 2 N–H and O–H groups in total. The number of rotatable bonds is 6. The van der Waals surface area contributed by atoms with Crippen molar-refractivity contribution in [2.75, 3.05) is 14.2 Å². The van der Waals surface area contributed by atoms with Gasteiger partial charge in [-0.15, -0.1) is 0 Å². The number of hydrazone groups is 1. The minimum Gasteiger partial charge on any atom is -0.493 e. The first kappa shape index (κ1) is 18.1. The Hall–Kier alpha value is -3.68. The molecule has 2 aromatic carbocycles. The Balaban J connectivity index is 1.69. The zero-order valence-electron chi connectivity index (χ0n) is 14.9. The van der Waals surface area contributed by atoms with E-state index in [1.807, 2.05) is 0 Å². The lowest BCUT2D eigenvalue weighted by molar-refractivity contribution is -0.120. The fourth-order valence-corrected chi connectivity index (χ4v) is 2.61. The van der Waals surface area contributed by atoms with Gasteiger partial charge in [-0.2, -0.15) is 10.2 Å². The maximum absolute atomic E-state index is 12.2. The molecule has 0 radical (unpaired) electrons. The largest absolute Gasteiger partial charge is 0.493 e. The van der Waals surface area contributed by atoms with Crippen molar-refractivity contribution in [2.24, 2.45) is 5.10 Å². The third kappa shape index (κ3) is 4.12. The number of aromatic nitrogens is 2. The van der Waals surface area contributed by atoms with E-state index in [4.69, 9.17) is 9.47 Å². The van der Waals surface area contributed by atoms with Crippen LogP contribution in [0.1, 0.15) is 11.3 Å². The quantitative estimate of drug-likeness (QED) is 0.510. The predicted molar refractivity (Wildman–Crippen MR) is 101 cm³/mol. The number of H-pyrrole nitrogens is 1. The summed E-state index contributed by atoms with van der Waals surface area (Å²) in [4.78, 5) is 23.9. The molecule has 1 amide bonds. The maximum atomic E-state index is 12.2. The van der Waals surface area contributed by atoms with Crippen LogP contribution in [0.15, 0.2) is 52.4 Å². The summed E-state index contributed by atoms with van der Waals surface area (Å²) in [5, 5.41) is 11.5. The van der Waals surface area contributed by atoms with Gasteiger partial charge >= 0.3 is 0 Å². The van der Waals surface area contributed by atoms with Crippen molar-refractivity contribution in [3.63, 3.8) is 0 Å². The van der Waals surface area contributed by atoms with Gasteiger partial charge in [-0.25, -0.2) is 10.5 Å². The third-order valence-electron chi connectivity index (χ3n) is 3.91. The summed E-state index contributed by atoms with van der Waals surface area (Å²) < 4.78 is 10.4. The molecule has 0 aliphatic carbocycles. The lowest BCUT2D eigenvalue weighted by Gasteiger charge is -2.07. The summed E-state index contributed by atoms with van der Waals surface area (Å²) in [5.74, 6) is 0.822. The van der Waals surface area contributed by atoms with E-state index >= 15 is 0 Å². The summed E-state index contributed by atoms with van der Waals surface area (Å²) >= 11 is 0. The standard InChI is InChI=1S/C19H18N4O4/c1-26-16-8-7-12(9-17(16)27-2)11-20-22-18(24)10-15-13-5-3-4-6-14(13)19(25)23-21-15/h3-9,11H,10H2,1-2H3,(H,22,24)(H,23,25)/b20-11+. The van der Waals surface area contributed by atoms with Gasteiger partial charge in [0.15, 0.2) is 11.5 Å². The van der Waals surface area contributed by atoms with Gasteiger partial charge in [0.1, 0.15) is 0 Å². The second-order valence-electron chi connectivity index (χ2n) is 5.63. The zero-order chi connectivity index (χ0) is 19.2. The number of benzene rings is 2. The van der Waals surface area contributed by atoms with Crippen molar-refractivity contribution < 1.29 is 14.3 Å². The van der Waals surface area contributed by atoms with Crippen molar-refractivity contribution in [3.8, 4) is 11.5 Å². The van der Waals surface area contributed by atoms with Crippen LogP contribution < -0.4 is 20.5 Å². The Morgan fingerprint density at radius 3 is 2.63 bits per heavy atom. The van der Waals surface area contributed by atoms with Gasteiger partial charge < -0.3 is 9.47 Å². The van der Waals surface area contributed by atoms with E-state index in [0.29, 0.717) is 28.0 Å². The first-order valence-electron chi connectivity index (χ1n) is 8.12. The second-order valence-corrected chi connectivity index (χ2v) is 5.63. The van der Waals surface area contributed by atoms with Gasteiger partial charge in [0, 0.05) is 5.39 Å². The average Bonchev–Trinajstić information content (AvgIpc) is 2.70. The molecule has 0 atom stereocenters. The molecular formula is C19H18N4O4. The van der Waals surface area contributed by atoms with Crippen LogP contribution in [0.2, 0.25) is 0 Å². The van der Waals surface area contributed by atoms with Gasteiger partial charge in [-0.05, 0) is 29.8 Å². The summed E-state index contributed by atoms with van der Waals surface area (Å²) in [6.07, 6.45) is 1.48. The number of ether oxygens (including phenoxy) is 2. The van der Waals surface area contributed by atoms with Crippen molar-refractivity contribution in [3.05, 3.63) is 64.1 Å². The van der Waals surface area contributed by atoms with Crippen LogP contribution in [0.3, 0.4) is 0 Å². The normalized spacial score (nSPS) is 10.9. The number of methoxy groups -OCH3 is 2. The minimum atomic E-state index is -0.351. The Labute approximate surface area is 154 Å². The summed E-state index contributed by atoms with van der Waals surface area (Å²) in [6, 6.07) is 12.3. The number of carbonyl (C=O) groups excluding carboxylic acids is 1. The first-order valence-corrected chi connectivity index (χ1v) is 8.12. The molecule has 0 fully saturated rings. The van der Waals surface area contributed by atoms with E-state index < -0.39 is 0 Å². The van der Waals surface area contributed by atoms with E-state index in [2.05, 4.69) is 20.7 Å². The van der Waals surface area contributed by atoms with E-state index in [1.165, 1.54) is 6.21 Å². The van der Waals surface area contributed by atoms with Crippen LogP contribution in [0, 0.1) is 0 Å². The molecule has 27 heavy (non-hydrogen) atoms. The molecule has 0 aliphatic heterocycles. The highest BCUT2D eigenvalue weighted by Gasteiger charge is 2.10. The van der Waals surface area contributed by atoms with Crippen LogP contribution in [0.25, 0.3) is 10.8 Å². The van der Waals surface area contributed by atoms with E-state index in [0.717, 1.165) is 5.56 Å². The molecule has 0 spiro atoms. The highest BCUT2D eigenvalue weighted by molar-refractivity contribution is 5.89. The number of amides is 1. The number of fused-ring (bicyclic) bond motifs is 1. The van der Waals surface area contributed by atoms with E-state index in [-0.39, 0.29) is 17.9 Å². The summed E-state index contributed by atoms with van der Waals surface area (Å²) in [5.41, 5.74) is 3.37. The molecule has 0 aliphatic rings. The number of carbonyl (C=O) groups is 1. The van der Waals surface area contributed by atoms with Crippen LogP contribution in [0.4, 0.5) is 0 Å². The van der Waals surface area contributed by atoms with Gasteiger partial charge in [-0.3, -0.25) is 9.59 Å². The van der Waals surface area contributed by atoms with Crippen LogP contribution >= 0.6 is 0 Å². The van der Waals surface area contributed by atoms with Crippen LogP contribution in [-0.2, 0) is 11.2 Å². The molecule has 3 aromatic rings. The SMILES string of the molecule is COc1ccc(/C=N/NC(=O)Cc2n[nH]c(=O)c3ccccc23)cc1OC. The molecule has 0 unspecified atom stereocenters. The average molecular weight is 366 g/mol. The van der Waals surface area contributed by atoms with Crippen molar-refractivity contribution >= 4 is 22.9 Å². The maximum Gasteiger partial charge on any atom is 0.272 e. The highest BCUT2D eigenvalue weighted by atomic mass is 16.5. The molecule has 8 nitrogen and oxygen atoms in total. The number of hydrogen-bond acceptors (Lipinski definition) is 6. The Morgan fingerprint density at radius 2 is 1.89 bits per heavy atom. The number of nitrogens with zero attached hydrogens (tertiary/aromatic N) is 2. The van der Waals surface area contributed by atoms with Crippen molar-refractivity contribution in [1.29, 1.82) is 0 Å². The summed E-state index contributed by atoms with van der Waals surface area (Å²) in [6.45, 7) is 0. The highest BCUT2D eigenvalue weighted by Crippen LogP contribution is 2.26. The fraction of sp³-hybridized carbons (Fsp3) is 0.158. The van der Waals surface area contributed by atoms with Gasteiger partial charge in [0.05, 0.1) is 37.9 Å². The molecule has 0 saturated heterocycles. The number of aromatic amines is 1. The van der Waals surface area contributed by atoms with Gasteiger partial charge in [0.25, 0.3) is 5.56 Å². The molecule has 1 heterocycles. The van der Waals surface area contributed by atoms with Crippen molar-refractivity contribution in [1.82, 2.24) is 15.6 Å². The third-order valence-corrected chi connectivity index (χ3v) is 3.91. The first-order chi connectivity index (χ1) is 13.1. The Kier molecular flexibility index (Phi) is 5.46. The molecule has 1 aromatic heterocycles. The fourth-order valence-electron chi connectivity index (χ4n) is 2.61. The predicted octanol–water partition coefficient (Wildman–Crippen LogP) is 1.63. The molecule has 3 rings (SSSR count). The van der Waals surface area contributed by atoms with Gasteiger partial charge in [-0.1, -0.05) is 18.2 Å². The molecule has 8 heteroatoms. The Morgan fingerprint density at radius 1 is 1.15 bits per heavy atom. The lowest BCUT2D eigenvalue weighted by atomic mass is 10.1. The smallest absolute Gasteiger partial charge is 0.272 e. The second kappa shape index (κ2) is 8.13. The topological polar surface area (TPSA) is 106 Å². The molecule has 0 saturated carbocycles. The number of nitrogens with one attached hydrogen (secondary N) is 2.